The van der Waals surface area contributed by atoms with Gasteiger partial charge in [0.05, 0.1) is 41.0 Å². The third-order valence-corrected chi connectivity index (χ3v) is 2.63. The lowest BCUT2D eigenvalue weighted by Crippen LogP contribution is -2.01. The van der Waals surface area contributed by atoms with E-state index in [2.05, 4.69) is 9.47 Å². The molecule has 0 aromatic heterocycles. The van der Waals surface area contributed by atoms with Crippen molar-refractivity contribution in [3.05, 3.63) is 59.5 Å². The van der Waals surface area contributed by atoms with Crippen molar-refractivity contribution < 1.29 is 52.6 Å². The second kappa shape index (κ2) is 9.24. The minimum absolute atomic E-state index is 0.509. The van der Waals surface area contributed by atoms with E-state index in [0.717, 1.165) is 0 Å². The highest BCUT2D eigenvalue weighted by Gasteiger charge is 2.06. The second-order valence-corrected chi connectivity index (χ2v) is 4.44. The van der Waals surface area contributed by atoms with Gasteiger partial charge in [0.2, 0.25) is 0 Å². The largest absolute Gasteiger partial charge is 0.504 e. The molecule has 0 aliphatic rings. The molecule has 0 radical (unpaired) electrons. The Hall–Kier alpha value is -3.54. The first-order valence-corrected chi connectivity index (χ1v) is 6.75. The van der Waals surface area contributed by atoms with Gasteiger partial charge in [-0.05, 0) is 47.4 Å². The van der Waals surface area contributed by atoms with E-state index in [9.17, 15) is 19.8 Å². The molecule has 0 heterocycles. The standard InChI is InChI=1S/C21H20O6/c1-26-20-11-14(5-9-18(20)24)3-7-16(22)13-17(23)8-4-15-6-10-19(25)21(12-15)27-2/h3-12,24-25H,13H2,1-2H3/b7-3+,8-4+/i1D3,2D3,3D,4D,5D,6D,7D,8D,9D,10D,11D,13D2. The topological polar surface area (TPSA) is 93.1 Å². The molecule has 0 fully saturated rings. The van der Waals surface area contributed by atoms with E-state index in [1.165, 1.54) is 0 Å². The number of carbonyl (C=O) groups excluding carboxylic acids is 2. The summed E-state index contributed by atoms with van der Waals surface area (Å²) in [5.74, 6) is -8.91. The summed E-state index contributed by atoms with van der Waals surface area (Å²) in [4.78, 5) is 25.8. The normalized spacial score (nSPS) is 23.0. The molecule has 2 aromatic carbocycles. The maximum atomic E-state index is 12.9. The fourth-order valence-corrected chi connectivity index (χ4v) is 1.50. The van der Waals surface area contributed by atoms with Gasteiger partial charge in [-0.15, -0.1) is 0 Å². The first-order chi connectivity index (χ1) is 19.8. The highest BCUT2D eigenvalue weighted by Crippen LogP contribution is 2.27. The molecule has 0 amide bonds. The summed E-state index contributed by atoms with van der Waals surface area (Å²) >= 11 is 0. The summed E-state index contributed by atoms with van der Waals surface area (Å²) in [6.07, 6.45) is -3.92. The molecule has 0 aliphatic carbocycles. The Labute approximate surface area is 180 Å². The van der Waals surface area contributed by atoms with Crippen molar-refractivity contribution in [1.29, 1.82) is 0 Å². The second-order valence-electron chi connectivity index (χ2n) is 4.44. The Kier molecular flexibility index (Phi) is 2.36. The van der Waals surface area contributed by atoms with Crippen LogP contribution in [0.3, 0.4) is 0 Å². The molecular weight excluding hydrogens is 348 g/mol. The Balaban J connectivity index is 2.68. The number of hydrogen-bond acceptors (Lipinski definition) is 6. The lowest BCUT2D eigenvalue weighted by Gasteiger charge is -2.03. The summed E-state index contributed by atoms with van der Waals surface area (Å²) in [7, 11) is -6.50. The Bertz CT molecular complexity index is 1600. The van der Waals surface area contributed by atoms with Crippen LogP contribution in [0.2, 0.25) is 0 Å². The van der Waals surface area contributed by atoms with Gasteiger partial charge in [-0.2, -0.15) is 0 Å². The van der Waals surface area contributed by atoms with Crippen LogP contribution in [0.4, 0.5) is 0 Å². The van der Waals surface area contributed by atoms with Gasteiger partial charge in [0.1, 0.15) is 0 Å². The first kappa shape index (κ1) is 6.88. The number of ketones is 2. The van der Waals surface area contributed by atoms with Crippen molar-refractivity contribution in [2.75, 3.05) is 14.1 Å². The third kappa shape index (κ3) is 5.74. The molecule has 2 aromatic rings. The Morgan fingerprint density at radius 2 is 1.59 bits per heavy atom. The number of methoxy groups -OCH3 is 2. The third-order valence-electron chi connectivity index (χ3n) is 2.63. The van der Waals surface area contributed by atoms with Crippen molar-refractivity contribution in [2.45, 2.75) is 6.37 Å². The minimum atomic E-state index is -3.92. The Morgan fingerprint density at radius 3 is 2.26 bits per heavy atom. The average Bonchev–Trinajstić information content (AvgIpc) is 2.91. The smallest absolute Gasteiger partial charge is 0.163 e. The predicted molar refractivity (Wildman–Crippen MR) is 102 cm³/mol. The fraction of sp³-hybridized carbons (Fsp3) is 0.143. The molecule has 0 aliphatic heterocycles. The molecule has 0 saturated carbocycles. The molecular formula is C21H20O6. The van der Waals surface area contributed by atoms with Crippen molar-refractivity contribution in [3.8, 4) is 23.0 Å². The van der Waals surface area contributed by atoms with Crippen LogP contribution in [0.25, 0.3) is 12.1 Å². The summed E-state index contributed by atoms with van der Waals surface area (Å²) in [5.41, 5.74) is -2.01. The average molecular weight is 385 g/mol. The molecule has 2 N–H and O–H groups in total. The molecule has 2 rings (SSSR count). The molecule has 27 heavy (non-hydrogen) atoms. The molecule has 140 valence electrons. The molecule has 0 saturated heterocycles. The Morgan fingerprint density at radius 1 is 1.04 bits per heavy atom. The van der Waals surface area contributed by atoms with E-state index in [-0.39, 0.29) is 0 Å². The number of rotatable bonds is 8. The van der Waals surface area contributed by atoms with Gasteiger partial charge < -0.3 is 19.7 Å². The van der Waals surface area contributed by atoms with E-state index >= 15 is 0 Å². The molecule has 6 nitrogen and oxygen atoms in total. The summed E-state index contributed by atoms with van der Waals surface area (Å²) in [6, 6.07) is -11.4. The van der Waals surface area contributed by atoms with Crippen LogP contribution in [0.5, 0.6) is 23.0 Å². The predicted octanol–water partition coefficient (Wildman–Crippen LogP) is 3.37. The number of aromatic hydroxyl groups is 2. The van der Waals surface area contributed by atoms with E-state index < -0.39 is 121 Å². The SMILES string of the molecule is [2H]/C(C(=O)C([2H])([2H])C(=O)/C([2H])=C(\[2H])c1c([2H])c([2H])c(O)c(OC([2H])([2H])[2H])c1[2H])=C(/[2H])c1cc(OC([2H])([2H])[2H])c(O)c([2H])c1[2H]. The zero-order chi connectivity index (χ0) is 34.4. The lowest BCUT2D eigenvalue weighted by molar-refractivity contribution is -0.121. The number of carbonyl (C=O) groups is 2. The first-order valence-electron chi connectivity index (χ1n) is 15.2. The number of benzene rings is 2. The van der Waals surface area contributed by atoms with Gasteiger partial charge >= 0.3 is 0 Å². The van der Waals surface area contributed by atoms with Gasteiger partial charge in [-0.25, -0.2) is 0 Å². The van der Waals surface area contributed by atoms with E-state index in [4.69, 9.17) is 23.3 Å². The quantitative estimate of drug-likeness (QED) is 0.535. The molecule has 0 atom stereocenters. The number of allylic oxidation sites excluding steroid dienone is 2. The maximum absolute atomic E-state index is 12.9. The van der Waals surface area contributed by atoms with Gasteiger partial charge in [0, 0.05) is 2.74 Å². The van der Waals surface area contributed by atoms with Gasteiger partial charge in [0.15, 0.2) is 34.6 Å². The van der Waals surface area contributed by atoms with Crippen molar-refractivity contribution in [1.82, 2.24) is 0 Å². The lowest BCUT2D eigenvalue weighted by atomic mass is 10.1. The van der Waals surface area contributed by atoms with Crippen LogP contribution >= 0.6 is 0 Å². The van der Waals surface area contributed by atoms with Crippen molar-refractivity contribution in [2.24, 2.45) is 0 Å². The van der Waals surface area contributed by atoms with E-state index in [1.807, 2.05) is 0 Å². The van der Waals surface area contributed by atoms with Crippen molar-refractivity contribution in [3.63, 3.8) is 0 Å². The number of hydrogen-bond donors (Lipinski definition) is 2. The molecule has 0 unspecified atom stereocenters. The zero-order valence-corrected chi connectivity index (χ0v) is 13.1. The van der Waals surface area contributed by atoms with Gasteiger partial charge in [0.25, 0.3) is 0 Å². The highest BCUT2D eigenvalue weighted by molar-refractivity contribution is 6.10. The highest BCUT2D eigenvalue weighted by atomic mass is 16.5. The maximum Gasteiger partial charge on any atom is 0.163 e. The molecule has 0 bridgehead atoms. The summed E-state index contributed by atoms with van der Waals surface area (Å²) < 4.78 is 139. The number of phenols is 2. The van der Waals surface area contributed by atoms with Crippen LogP contribution in [0, 0.1) is 0 Å². The summed E-state index contributed by atoms with van der Waals surface area (Å²) in [6.45, 7) is 0. The van der Waals surface area contributed by atoms with Gasteiger partial charge in [-0.1, -0.05) is 24.2 Å². The zero-order valence-electron chi connectivity index (χ0n) is 30.1. The monoisotopic (exact) mass is 385 g/mol. The van der Waals surface area contributed by atoms with Crippen LogP contribution < -0.4 is 9.47 Å². The fourth-order valence-electron chi connectivity index (χ4n) is 1.50. The molecule has 0 spiro atoms. The van der Waals surface area contributed by atoms with E-state index in [1.54, 1.807) is 0 Å². The van der Waals surface area contributed by atoms with Crippen LogP contribution in [0.1, 0.15) is 40.8 Å². The van der Waals surface area contributed by atoms with Gasteiger partial charge in [-0.3, -0.25) is 9.59 Å². The number of ether oxygens (including phenoxy) is 2. The van der Waals surface area contributed by atoms with Crippen LogP contribution in [-0.2, 0) is 9.59 Å². The van der Waals surface area contributed by atoms with Crippen LogP contribution in [-0.4, -0.2) is 35.9 Å². The summed E-state index contributed by atoms with van der Waals surface area (Å²) in [5, 5.41) is 19.9. The number of phenolic OH excluding ortho intramolecular Hbond substituents is 2. The van der Waals surface area contributed by atoms with E-state index in [0.29, 0.717) is 6.07 Å². The molecule has 6 heteroatoms. The van der Waals surface area contributed by atoms with Crippen molar-refractivity contribution >= 4 is 23.7 Å². The minimum Gasteiger partial charge on any atom is -0.504 e. The van der Waals surface area contributed by atoms with Crippen LogP contribution in [0.15, 0.2) is 48.4 Å².